The molecule has 0 aliphatic carbocycles. The lowest BCUT2D eigenvalue weighted by atomic mass is 10.1. The van der Waals surface area contributed by atoms with E-state index in [-0.39, 0.29) is 4.21 Å². The zero-order chi connectivity index (χ0) is 17.5. The summed E-state index contributed by atoms with van der Waals surface area (Å²) in [4.78, 5) is 0.745. The van der Waals surface area contributed by atoms with Crippen LogP contribution in [0.4, 0.5) is 5.69 Å². The maximum absolute atomic E-state index is 12.7. The minimum Gasteiger partial charge on any atom is -0.355 e. The second kappa shape index (κ2) is 6.07. The number of sulfonamides is 1. The van der Waals surface area contributed by atoms with Crippen molar-refractivity contribution in [1.29, 1.82) is 0 Å². The van der Waals surface area contributed by atoms with Crippen LogP contribution in [0.5, 0.6) is 0 Å². The van der Waals surface area contributed by atoms with E-state index in [2.05, 4.69) is 9.88 Å². The predicted molar refractivity (Wildman–Crippen MR) is 96.0 cm³/mol. The standard InChI is InChI=1S/C17H18N2O3S2/c1-10-6-5-7-11(2)16(10)19-24(20,21)15-9-8-14(23-15)17-12(3)13(4)18-22-17/h5-9,19H,1-4H3. The Balaban J connectivity index is 1.96. The predicted octanol–water partition coefficient (Wildman–Crippen LogP) is 4.44. The van der Waals surface area contributed by atoms with Gasteiger partial charge in [0.1, 0.15) is 4.21 Å². The maximum atomic E-state index is 12.7. The molecule has 0 aliphatic rings. The van der Waals surface area contributed by atoms with Gasteiger partial charge < -0.3 is 4.52 Å². The second-order valence-corrected chi connectivity index (χ2v) is 8.71. The largest absolute Gasteiger partial charge is 0.355 e. The fraction of sp³-hybridized carbons (Fsp3) is 0.235. The lowest BCUT2D eigenvalue weighted by molar-refractivity contribution is 0.427. The first-order valence-electron chi connectivity index (χ1n) is 7.41. The molecular weight excluding hydrogens is 344 g/mol. The van der Waals surface area contributed by atoms with Gasteiger partial charge in [-0.2, -0.15) is 0 Å². The third-order valence-electron chi connectivity index (χ3n) is 3.94. The van der Waals surface area contributed by atoms with Crippen LogP contribution in [0.2, 0.25) is 0 Å². The molecule has 0 radical (unpaired) electrons. The Kier molecular flexibility index (Phi) is 4.23. The van der Waals surface area contributed by atoms with Crippen LogP contribution in [-0.2, 0) is 10.0 Å². The molecule has 126 valence electrons. The Morgan fingerprint density at radius 3 is 2.29 bits per heavy atom. The van der Waals surface area contributed by atoms with E-state index in [0.717, 1.165) is 27.3 Å². The molecule has 3 aromatic rings. The number of hydrogen-bond acceptors (Lipinski definition) is 5. The Labute approximate surface area is 145 Å². The molecule has 0 amide bonds. The number of nitrogens with zero attached hydrogens (tertiary/aromatic N) is 1. The number of anilines is 1. The van der Waals surface area contributed by atoms with E-state index in [4.69, 9.17) is 4.52 Å². The molecule has 0 saturated heterocycles. The minimum absolute atomic E-state index is 0.244. The smallest absolute Gasteiger partial charge is 0.271 e. The van der Waals surface area contributed by atoms with Gasteiger partial charge in [-0.15, -0.1) is 11.3 Å². The molecule has 0 aliphatic heterocycles. The molecule has 0 atom stereocenters. The van der Waals surface area contributed by atoms with Crippen LogP contribution in [0.25, 0.3) is 10.6 Å². The summed E-state index contributed by atoms with van der Waals surface area (Å²) in [5, 5.41) is 3.92. The SMILES string of the molecule is Cc1cccc(C)c1NS(=O)(=O)c1ccc(-c2onc(C)c2C)s1. The summed E-state index contributed by atoms with van der Waals surface area (Å²) >= 11 is 1.17. The second-order valence-electron chi connectivity index (χ2n) is 5.71. The molecule has 2 heterocycles. The van der Waals surface area contributed by atoms with Gasteiger partial charge in [-0.05, 0) is 51.0 Å². The molecule has 0 fully saturated rings. The first kappa shape index (κ1) is 16.7. The van der Waals surface area contributed by atoms with E-state index in [9.17, 15) is 8.42 Å². The van der Waals surface area contributed by atoms with Gasteiger partial charge in [0, 0.05) is 5.56 Å². The zero-order valence-corrected chi connectivity index (χ0v) is 15.5. The Morgan fingerprint density at radius 2 is 1.71 bits per heavy atom. The summed E-state index contributed by atoms with van der Waals surface area (Å²) in [5.74, 6) is 0.617. The molecule has 7 heteroatoms. The third kappa shape index (κ3) is 2.97. The van der Waals surface area contributed by atoms with Crippen LogP contribution in [0.3, 0.4) is 0 Å². The van der Waals surface area contributed by atoms with Crippen molar-refractivity contribution in [3.8, 4) is 10.6 Å². The molecule has 0 bridgehead atoms. The van der Waals surface area contributed by atoms with E-state index < -0.39 is 10.0 Å². The van der Waals surface area contributed by atoms with E-state index in [1.165, 1.54) is 11.3 Å². The molecule has 0 unspecified atom stereocenters. The fourth-order valence-electron chi connectivity index (χ4n) is 2.39. The van der Waals surface area contributed by atoms with Crippen LogP contribution in [0.15, 0.2) is 39.1 Å². The van der Waals surface area contributed by atoms with Gasteiger partial charge in [0.05, 0.1) is 16.3 Å². The summed E-state index contributed by atoms with van der Waals surface area (Å²) in [5.41, 5.74) is 4.12. The van der Waals surface area contributed by atoms with Gasteiger partial charge in [0.2, 0.25) is 0 Å². The highest BCUT2D eigenvalue weighted by Crippen LogP contribution is 2.34. The van der Waals surface area contributed by atoms with Gasteiger partial charge >= 0.3 is 0 Å². The number of benzene rings is 1. The maximum Gasteiger partial charge on any atom is 0.271 e. The first-order valence-corrected chi connectivity index (χ1v) is 9.71. The highest BCUT2D eigenvalue weighted by atomic mass is 32.2. The molecule has 24 heavy (non-hydrogen) atoms. The summed E-state index contributed by atoms with van der Waals surface area (Å²) in [6.45, 7) is 7.52. The number of rotatable bonds is 4. The number of aromatic nitrogens is 1. The summed E-state index contributed by atoms with van der Waals surface area (Å²) in [6.07, 6.45) is 0. The van der Waals surface area contributed by atoms with Gasteiger partial charge in [0.25, 0.3) is 10.0 Å². The lowest BCUT2D eigenvalue weighted by Crippen LogP contribution is -2.13. The molecule has 0 saturated carbocycles. The van der Waals surface area contributed by atoms with Gasteiger partial charge in [0.15, 0.2) is 5.76 Å². The van der Waals surface area contributed by atoms with Gasteiger partial charge in [-0.25, -0.2) is 8.42 Å². The van der Waals surface area contributed by atoms with Crippen LogP contribution in [0.1, 0.15) is 22.4 Å². The summed E-state index contributed by atoms with van der Waals surface area (Å²) in [7, 11) is -3.65. The number of aryl methyl sites for hydroxylation is 3. The van der Waals surface area contributed by atoms with E-state index in [0.29, 0.717) is 11.4 Å². The summed E-state index contributed by atoms with van der Waals surface area (Å²) in [6, 6.07) is 9.00. The zero-order valence-electron chi connectivity index (χ0n) is 13.9. The van der Waals surface area contributed by atoms with E-state index in [1.54, 1.807) is 12.1 Å². The van der Waals surface area contributed by atoms with Gasteiger partial charge in [-0.1, -0.05) is 23.4 Å². The Hall–Kier alpha value is -2.12. The normalized spacial score (nSPS) is 11.7. The van der Waals surface area contributed by atoms with Crippen LogP contribution >= 0.6 is 11.3 Å². The average Bonchev–Trinajstić information content (AvgIpc) is 3.12. The van der Waals surface area contributed by atoms with Crippen molar-refractivity contribution in [2.75, 3.05) is 4.72 Å². The van der Waals surface area contributed by atoms with Crippen molar-refractivity contribution < 1.29 is 12.9 Å². The molecule has 1 N–H and O–H groups in total. The Morgan fingerprint density at radius 1 is 1.04 bits per heavy atom. The van der Waals surface area contributed by atoms with Crippen LogP contribution < -0.4 is 4.72 Å². The number of hydrogen-bond donors (Lipinski definition) is 1. The number of nitrogens with one attached hydrogen (secondary N) is 1. The lowest BCUT2D eigenvalue weighted by Gasteiger charge is -2.11. The molecule has 3 rings (SSSR count). The van der Waals surface area contributed by atoms with Crippen molar-refractivity contribution in [3.63, 3.8) is 0 Å². The monoisotopic (exact) mass is 362 g/mol. The minimum atomic E-state index is -3.65. The van der Waals surface area contributed by atoms with Crippen molar-refractivity contribution >= 4 is 27.0 Å². The van der Waals surface area contributed by atoms with Crippen molar-refractivity contribution in [2.45, 2.75) is 31.9 Å². The summed E-state index contributed by atoms with van der Waals surface area (Å²) < 4.78 is 33.6. The quantitative estimate of drug-likeness (QED) is 0.745. The van der Waals surface area contributed by atoms with E-state index in [1.807, 2.05) is 45.9 Å². The van der Waals surface area contributed by atoms with E-state index >= 15 is 0 Å². The highest BCUT2D eigenvalue weighted by molar-refractivity contribution is 7.94. The van der Waals surface area contributed by atoms with Crippen LogP contribution in [-0.4, -0.2) is 13.6 Å². The average molecular weight is 362 g/mol. The fourth-order valence-corrected chi connectivity index (χ4v) is 4.94. The molecule has 0 spiro atoms. The third-order valence-corrected chi connectivity index (χ3v) is 6.87. The topological polar surface area (TPSA) is 72.2 Å². The molecular formula is C17H18N2O3S2. The van der Waals surface area contributed by atoms with Crippen molar-refractivity contribution in [2.24, 2.45) is 0 Å². The van der Waals surface area contributed by atoms with Crippen molar-refractivity contribution in [3.05, 3.63) is 52.7 Å². The molecule has 2 aromatic heterocycles. The Bertz CT molecular complexity index is 981. The first-order chi connectivity index (χ1) is 11.3. The number of para-hydroxylation sites is 1. The van der Waals surface area contributed by atoms with Gasteiger partial charge in [-0.3, -0.25) is 4.72 Å². The number of thiophene rings is 1. The molecule has 5 nitrogen and oxygen atoms in total. The van der Waals surface area contributed by atoms with Crippen molar-refractivity contribution in [1.82, 2.24) is 5.16 Å². The molecule has 1 aromatic carbocycles. The van der Waals surface area contributed by atoms with Crippen LogP contribution in [0, 0.1) is 27.7 Å². The highest BCUT2D eigenvalue weighted by Gasteiger charge is 2.21.